The van der Waals surface area contributed by atoms with Gasteiger partial charge in [0.25, 0.3) is 0 Å². The molecule has 0 aliphatic carbocycles. The molecule has 198 valence electrons. The van der Waals surface area contributed by atoms with Crippen molar-refractivity contribution in [1.82, 2.24) is 0 Å². The molecule has 36 heavy (non-hydrogen) atoms. The minimum Gasteiger partial charge on any atom is -0.207 e. The second kappa shape index (κ2) is 16.0. The molecule has 0 aliphatic rings. The van der Waals surface area contributed by atoms with Gasteiger partial charge in [0, 0.05) is 4.47 Å². The molecule has 0 spiro atoms. The molecule has 0 saturated heterocycles. The summed E-state index contributed by atoms with van der Waals surface area (Å²) < 4.78 is 14.2. The molecule has 0 heterocycles. The average Bonchev–Trinajstić information content (AvgIpc) is 2.75. The first-order valence-corrected chi connectivity index (χ1v) is 14.1. The number of benzene rings is 3. The van der Waals surface area contributed by atoms with E-state index in [2.05, 4.69) is 115 Å². The van der Waals surface area contributed by atoms with Crippen molar-refractivity contribution in [1.29, 1.82) is 0 Å². The number of hydrogen-bond donors (Lipinski definition) is 0. The van der Waals surface area contributed by atoms with E-state index in [1.54, 1.807) is 11.6 Å². The topological polar surface area (TPSA) is 0 Å². The predicted octanol–water partition coefficient (Wildman–Crippen LogP) is 10.8. The Morgan fingerprint density at radius 2 is 1.11 bits per heavy atom. The molecule has 3 aromatic carbocycles. The lowest BCUT2D eigenvalue weighted by Crippen LogP contribution is -2.00. The Morgan fingerprint density at radius 1 is 0.611 bits per heavy atom. The maximum atomic E-state index is 12.9. The van der Waals surface area contributed by atoms with Crippen LogP contribution in [0.5, 0.6) is 0 Å². The first-order chi connectivity index (χ1) is 16.8. The van der Waals surface area contributed by atoms with E-state index >= 15 is 0 Å². The van der Waals surface area contributed by atoms with Crippen LogP contribution in [0.1, 0.15) is 80.5 Å². The summed E-state index contributed by atoms with van der Waals surface area (Å²) in [5.41, 5.74) is 9.37. The molecule has 0 nitrogen and oxygen atoms in total. The van der Waals surface area contributed by atoms with Crippen molar-refractivity contribution in [3.05, 3.63) is 104 Å². The predicted molar refractivity (Wildman–Crippen MR) is 162 cm³/mol. The van der Waals surface area contributed by atoms with E-state index in [9.17, 15) is 4.39 Å². The summed E-state index contributed by atoms with van der Waals surface area (Å²) >= 11 is 3.58. The molecule has 3 rings (SSSR count). The standard InChI is InChI=1S/C13H20.C11H15Br.C10H13F/c1-9(2)6-13-11(4)7-10(3)8-12(13)5;1-8(2)6-10-5-4-9(3)7-11(10)12;1-8(2)7-9-5-3-4-6-10(9)11/h7-9H,6H2,1-5H3;4-5,7-8H,6H2,1-3H3;3-6,8H,7H2,1-2H3. The summed E-state index contributed by atoms with van der Waals surface area (Å²) in [6.07, 6.45) is 3.19. The van der Waals surface area contributed by atoms with Gasteiger partial charge >= 0.3 is 0 Å². The monoisotopic (exact) mass is 554 g/mol. The van der Waals surface area contributed by atoms with Gasteiger partial charge in [0.15, 0.2) is 0 Å². The molecular formula is C34H48BrF. The molecule has 0 bridgehead atoms. The smallest absolute Gasteiger partial charge is 0.126 e. The molecule has 0 N–H and O–H groups in total. The molecular weight excluding hydrogens is 507 g/mol. The second-order valence-corrected chi connectivity index (χ2v) is 12.2. The first kappa shape index (κ1) is 32.1. The molecule has 0 aliphatic heterocycles. The van der Waals surface area contributed by atoms with Crippen molar-refractivity contribution in [2.75, 3.05) is 0 Å². The summed E-state index contributed by atoms with van der Waals surface area (Å²) in [6.45, 7) is 21.9. The van der Waals surface area contributed by atoms with Crippen LogP contribution in [0.3, 0.4) is 0 Å². The Hall–Kier alpha value is -1.93. The van der Waals surface area contributed by atoms with Crippen molar-refractivity contribution in [3.8, 4) is 0 Å². The number of halogens is 2. The normalized spacial score (nSPS) is 10.8. The van der Waals surface area contributed by atoms with Crippen LogP contribution in [0.25, 0.3) is 0 Å². The number of aryl methyl sites for hydroxylation is 4. The third-order valence-corrected chi connectivity index (χ3v) is 6.61. The van der Waals surface area contributed by atoms with Crippen LogP contribution in [-0.4, -0.2) is 0 Å². The zero-order chi connectivity index (χ0) is 27.4. The van der Waals surface area contributed by atoms with Crippen molar-refractivity contribution >= 4 is 15.9 Å². The van der Waals surface area contributed by atoms with E-state index in [0.717, 1.165) is 30.2 Å². The van der Waals surface area contributed by atoms with Gasteiger partial charge in [-0.15, -0.1) is 0 Å². The highest BCUT2D eigenvalue weighted by Gasteiger charge is 2.05. The quantitative estimate of drug-likeness (QED) is 0.284. The van der Waals surface area contributed by atoms with Gasteiger partial charge in [-0.3, -0.25) is 0 Å². The molecule has 3 aromatic rings. The van der Waals surface area contributed by atoms with Crippen molar-refractivity contribution in [2.24, 2.45) is 17.8 Å². The van der Waals surface area contributed by atoms with Crippen molar-refractivity contribution in [2.45, 2.75) is 88.5 Å². The zero-order valence-corrected chi connectivity index (χ0v) is 25.9. The van der Waals surface area contributed by atoms with Crippen LogP contribution in [0.15, 0.2) is 59.1 Å². The summed E-state index contributed by atoms with van der Waals surface area (Å²) in [7, 11) is 0. The van der Waals surface area contributed by atoms with Gasteiger partial charge in [-0.1, -0.05) is 106 Å². The number of rotatable bonds is 6. The Balaban J connectivity index is 0.000000271. The van der Waals surface area contributed by atoms with Crippen molar-refractivity contribution in [3.63, 3.8) is 0 Å². The third kappa shape index (κ3) is 12.3. The van der Waals surface area contributed by atoms with Gasteiger partial charge in [-0.05, 0) is 110 Å². The molecule has 0 radical (unpaired) electrons. The largest absolute Gasteiger partial charge is 0.207 e. The van der Waals surface area contributed by atoms with Crippen LogP contribution < -0.4 is 0 Å². The highest BCUT2D eigenvalue weighted by atomic mass is 79.9. The van der Waals surface area contributed by atoms with Crippen LogP contribution in [0.4, 0.5) is 4.39 Å². The summed E-state index contributed by atoms with van der Waals surface area (Å²) in [5, 5.41) is 0. The summed E-state index contributed by atoms with van der Waals surface area (Å²) in [5.74, 6) is 1.91. The summed E-state index contributed by atoms with van der Waals surface area (Å²) in [4.78, 5) is 0. The highest BCUT2D eigenvalue weighted by molar-refractivity contribution is 9.10. The van der Waals surface area contributed by atoms with Crippen molar-refractivity contribution < 1.29 is 4.39 Å². The Morgan fingerprint density at radius 3 is 1.58 bits per heavy atom. The van der Waals surface area contributed by atoms with Crippen LogP contribution in [-0.2, 0) is 19.3 Å². The van der Waals surface area contributed by atoms with Gasteiger partial charge in [0.1, 0.15) is 5.82 Å². The maximum absolute atomic E-state index is 12.9. The highest BCUT2D eigenvalue weighted by Crippen LogP contribution is 2.21. The minimum atomic E-state index is -0.0822. The molecule has 0 amide bonds. The zero-order valence-electron chi connectivity index (χ0n) is 24.3. The molecule has 0 aromatic heterocycles. The Kier molecular flexibility index (Phi) is 14.3. The van der Waals surface area contributed by atoms with Crippen LogP contribution >= 0.6 is 15.9 Å². The van der Waals surface area contributed by atoms with E-state index in [0.29, 0.717) is 5.92 Å². The van der Waals surface area contributed by atoms with Gasteiger partial charge in [-0.2, -0.15) is 0 Å². The third-order valence-electron chi connectivity index (χ3n) is 5.88. The fourth-order valence-electron chi connectivity index (χ4n) is 4.30. The van der Waals surface area contributed by atoms with E-state index in [1.807, 2.05) is 12.1 Å². The lowest BCUT2D eigenvalue weighted by molar-refractivity contribution is 0.574. The SMILES string of the molecule is CC(C)Cc1ccccc1F.Cc1cc(C)c(CC(C)C)c(C)c1.Cc1ccc(CC(C)C)c(Br)c1. The van der Waals surface area contributed by atoms with E-state index in [4.69, 9.17) is 0 Å². The van der Waals surface area contributed by atoms with Gasteiger partial charge in [0.05, 0.1) is 0 Å². The first-order valence-electron chi connectivity index (χ1n) is 13.3. The lowest BCUT2D eigenvalue weighted by atomic mass is 9.93. The fraction of sp³-hybridized carbons (Fsp3) is 0.471. The van der Waals surface area contributed by atoms with Gasteiger partial charge < -0.3 is 0 Å². The molecule has 2 heteroatoms. The van der Waals surface area contributed by atoms with Crippen LogP contribution in [0.2, 0.25) is 0 Å². The lowest BCUT2D eigenvalue weighted by Gasteiger charge is -2.13. The summed E-state index contributed by atoms with van der Waals surface area (Å²) in [6, 6.07) is 18.1. The fourth-order valence-corrected chi connectivity index (χ4v) is 4.96. The van der Waals surface area contributed by atoms with E-state index < -0.39 is 0 Å². The molecule has 0 saturated carbocycles. The Bertz CT molecular complexity index is 1040. The van der Waals surface area contributed by atoms with Gasteiger partial charge in [0.2, 0.25) is 0 Å². The van der Waals surface area contributed by atoms with Crippen LogP contribution in [0, 0.1) is 51.3 Å². The average molecular weight is 556 g/mol. The minimum absolute atomic E-state index is 0.0822. The van der Waals surface area contributed by atoms with E-state index in [1.165, 1.54) is 44.8 Å². The Labute approximate surface area is 229 Å². The maximum Gasteiger partial charge on any atom is 0.126 e. The molecule has 0 atom stereocenters. The number of hydrogen-bond acceptors (Lipinski definition) is 0. The molecule has 0 fully saturated rings. The molecule has 0 unspecified atom stereocenters. The van der Waals surface area contributed by atoms with E-state index in [-0.39, 0.29) is 5.82 Å². The van der Waals surface area contributed by atoms with Gasteiger partial charge in [-0.25, -0.2) is 4.39 Å². The second-order valence-electron chi connectivity index (χ2n) is 11.4.